The predicted octanol–water partition coefficient (Wildman–Crippen LogP) is 2.18. The third kappa shape index (κ3) is 3.56. The molecule has 2 aromatic rings. The van der Waals surface area contributed by atoms with Gasteiger partial charge in [0, 0.05) is 0 Å². The Balaban J connectivity index is 1.76. The predicted molar refractivity (Wildman–Crippen MR) is 97.2 cm³/mol. The summed E-state index contributed by atoms with van der Waals surface area (Å²) >= 11 is 0. The molecule has 3 rings (SSSR count). The summed E-state index contributed by atoms with van der Waals surface area (Å²) < 4.78 is 39.0. The van der Waals surface area contributed by atoms with E-state index in [1.807, 2.05) is 27.7 Å². The molecule has 1 aliphatic rings. The monoisotopic (exact) mass is 360 g/mol. The largest absolute Gasteiger partial charge is 0.514 e. The van der Waals surface area contributed by atoms with Crippen molar-refractivity contribution >= 4 is 28.4 Å². The lowest BCUT2D eigenvalue weighted by atomic mass is 9.84. The molecule has 25 heavy (non-hydrogen) atoms. The number of rotatable bonds is 4. The standard InChI is InChI=1S/C17H21BN2O4S/c1-16(2)17(3,4)24-18(23-16)15-11-10-13(12-19-15)20-25(21,22)14-8-6-5-7-9-14/h5-12,20H,1-4H3. The minimum atomic E-state index is -3.63. The van der Waals surface area contributed by atoms with Gasteiger partial charge in [-0.25, -0.2) is 8.42 Å². The average Bonchev–Trinajstić information content (AvgIpc) is 2.77. The Morgan fingerprint density at radius 1 is 0.960 bits per heavy atom. The van der Waals surface area contributed by atoms with Crippen LogP contribution in [-0.2, 0) is 19.3 Å². The minimum Gasteiger partial charge on any atom is -0.398 e. The van der Waals surface area contributed by atoms with Crippen LogP contribution in [0.3, 0.4) is 0 Å². The van der Waals surface area contributed by atoms with E-state index in [0.717, 1.165) is 0 Å². The van der Waals surface area contributed by atoms with Gasteiger partial charge in [0.25, 0.3) is 10.0 Å². The van der Waals surface area contributed by atoms with E-state index in [2.05, 4.69) is 9.71 Å². The number of benzene rings is 1. The number of sulfonamides is 1. The molecule has 1 aromatic heterocycles. The summed E-state index contributed by atoms with van der Waals surface area (Å²) in [6.45, 7) is 7.87. The molecule has 8 heteroatoms. The van der Waals surface area contributed by atoms with Gasteiger partial charge in [-0.15, -0.1) is 0 Å². The zero-order valence-electron chi connectivity index (χ0n) is 14.7. The quantitative estimate of drug-likeness (QED) is 0.846. The molecule has 0 amide bonds. The van der Waals surface area contributed by atoms with Crippen LogP contribution < -0.4 is 10.3 Å². The van der Waals surface area contributed by atoms with Crippen molar-refractivity contribution in [3.63, 3.8) is 0 Å². The van der Waals surface area contributed by atoms with Crippen molar-refractivity contribution in [1.29, 1.82) is 0 Å². The Morgan fingerprint density at radius 2 is 1.56 bits per heavy atom. The molecule has 0 atom stereocenters. The SMILES string of the molecule is CC1(C)OB(c2ccc(NS(=O)(=O)c3ccccc3)cn2)OC1(C)C. The van der Waals surface area contributed by atoms with E-state index in [4.69, 9.17) is 9.31 Å². The van der Waals surface area contributed by atoms with Crippen molar-refractivity contribution in [3.05, 3.63) is 48.7 Å². The summed E-state index contributed by atoms with van der Waals surface area (Å²) in [5.41, 5.74) is 0.0743. The summed E-state index contributed by atoms with van der Waals surface area (Å²) in [5, 5.41) is 0. The van der Waals surface area contributed by atoms with Gasteiger partial charge in [-0.2, -0.15) is 0 Å². The Hall–Kier alpha value is -1.90. The first-order valence-electron chi connectivity index (χ1n) is 8.00. The van der Waals surface area contributed by atoms with Crippen molar-refractivity contribution in [2.45, 2.75) is 43.8 Å². The molecule has 1 aliphatic heterocycles. The van der Waals surface area contributed by atoms with E-state index in [0.29, 0.717) is 11.3 Å². The highest BCUT2D eigenvalue weighted by Gasteiger charge is 2.52. The molecule has 132 valence electrons. The molecule has 2 heterocycles. The third-order valence-corrected chi connectivity index (χ3v) is 5.98. The lowest BCUT2D eigenvalue weighted by Gasteiger charge is -2.32. The topological polar surface area (TPSA) is 77.5 Å². The Morgan fingerprint density at radius 3 is 2.08 bits per heavy atom. The molecule has 0 saturated carbocycles. The van der Waals surface area contributed by atoms with Gasteiger partial charge >= 0.3 is 7.12 Å². The normalized spacial score (nSPS) is 19.0. The molecule has 0 radical (unpaired) electrons. The van der Waals surface area contributed by atoms with E-state index in [9.17, 15) is 8.42 Å². The summed E-state index contributed by atoms with van der Waals surface area (Å²) in [6.07, 6.45) is 1.46. The number of hydrogen-bond donors (Lipinski definition) is 1. The molecular weight excluding hydrogens is 339 g/mol. The Labute approximate surface area is 148 Å². The Kier molecular flexibility index (Phi) is 4.39. The summed E-state index contributed by atoms with van der Waals surface area (Å²) in [6, 6.07) is 11.5. The zero-order valence-corrected chi connectivity index (χ0v) is 15.5. The van der Waals surface area contributed by atoms with E-state index >= 15 is 0 Å². The smallest absolute Gasteiger partial charge is 0.398 e. The van der Waals surface area contributed by atoms with Crippen LogP contribution in [0.15, 0.2) is 53.6 Å². The zero-order chi connectivity index (χ0) is 18.3. The van der Waals surface area contributed by atoms with Crippen molar-refractivity contribution in [2.75, 3.05) is 4.72 Å². The lowest BCUT2D eigenvalue weighted by Crippen LogP contribution is -2.41. The van der Waals surface area contributed by atoms with Gasteiger partial charge in [0.15, 0.2) is 0 Å². The third-order valence-electron chi connectivity index (χ3n) is 4.59. The second-order valence-corrected chi connectivity index (χ2v) is 8.66. The van der Waals surface area contributed by atoms with Gasteiger partial charge in [0.1, 0.15) is 0 Å². The molecular formula is C17H21BN2O4S. The number of pyridine rings is 1. The fourth-order valence-electron chi connectivity index (χ4n) is 2.38. The highest BCUT2D eigenvalue weighted by Crippen LogP contribution is 2.36. The van der Waals surface area contributed by atoms with Gasteiger partial charge in [0.05, 0.1) is 33.6 Å². The molecule has 6 nitrogen and oxygen atoms in total. The maximum atomic E-state index is 12.3. The first-order chi connectivity index (χ1) is 11.6. The van der Waals surface area contributed by atoms with Gasteiger partial charge in [-0.05, 0) is 52.0 Å². The van der Waals surface area contributed by atoms with Crippen LogP contribution in [0.1, 0.15) is 27.7 Å². The van der Waals surface area contributed by atoms with Gasteiger partial charge in [0.2, 0.25) is 0 Å². The average molecular weight is 360 g/mol. The lowest BCUT2D eigenvalue weighted by molar-refractivity contribution is 0.00578. The van der Waals surface area contributed by atoms with E-state index in [-0.39, 0.29) is 4.90 Å². The highest BCUT2D eigenvalue weighted by molar-refractivity contribution is 7.92. The number of nitrogens with zero attached hydrogens (tertiary/aromatic N) is 1. The molecule has 0 spiro atoms. The van der Waals surface area contributed by atoms with E-state index < -0.39 is 28.3 Å². The molecule has 0 unspecified atom stereocenters. The maximum Gasteiger partial charge on any atom is 0.514 e. The first kappa shape index (κ1) is 17.9. The second kappa shape index (κ2) is 6.12. The summed E-state index contributed by atoms with van der Waals surface area (Å²) in [5.74, 6) is 0. The van der Waals surface area contributed by atoms with Crippen LogP contribution in [0, 0.1) is 0 Å². The van der Waals surface area contributed by atoms with E-state index in [1.165, 1.54) is 18.3 Å². The molecule has 1 aromatic carbocycles. The minimum absolute atomic E-state index is 0.199. The van der Waals surface area contributed by atoms with Crippen molar-refractivity contribution in [1.82, 2.24) is 4.98 Å². The van der Waals surface area contributed by atoms with Gasteiger partial charge in [-0.1, -0.05) is 18.2 Å². The molecule has 1 fully saturated rings. The molecule has 0 bridgehead atoms. The van der Waals surface area contributed by atoms with Crippen molar-refractivity contribution < 1.29 is 17.7 Å². The van der Waals surface area contributed by atoms with E-state index in [1.54, 1.807) is 30.3 Å². The van der Waals surface area contributed by atoms with Crippen molar-refractivity contribution in [2.24, 2.45) is 0 Å². The van der Waals surface area contributed by atoms with Crippen LogP contribution in [0.4, 0.5) is 5.69 Å². The molecule has 1 N–H and O–H groups in total. The van der Waals surface area contributed by atoms with Crippen LogP contribution in [0.5, 0.6) is 0 Å². The second-order valence-electron chi connectivity index (χ2n) is 6.98. The Bertz CT molecular complexity index is 836. The van der Waals surface area contributed by atoms with Gasteiger partial charge < -0.3 is 9.31 Å². The number of anilines is 1. The summed E-state index contributed by atoms with van der Waals surface area (Å²) in [7, 11) is -4.21. The van der Waals surface area contributed by atoms with Crippen LogP contribution in [0.2, 0.25) is 0 Å². The maximum absolute atomic E-state index is 12.3. The molecule has 0 aliphatic carbocycles. The fraction of sp³-hybridized carbons (Fsp3) is 0.353. The van der Waals surface area contributed by atoms with Crippen LogP contribution >= 0.6 is 0 Å². The van der Waals surface area contributed by atoms with Crippen LogP contribution in [0.25, 0.3) is 0 Å². The first-order valence-corrected chi connectivity index (χ1v) is 9.48. The number of hydrogen-bond acceptors (Lipinski definition) is 5. The highest BCUT2D eigenvalue weighted by atomic mass is 32.2. The molecule has 1 saturated heterocycles. The van der Waals surface area contributed by atoms with Gasteiger partial charge in [-0.3, -0.25) is 9.71 Å². The summed E-state index contributed by atoms with van der Waals surface area (Å²) in [4.78, 5) is 4.49. The van der Waals surface area contributed by atoms with Crippen LogP contribution in [-0.4, -0.2) is 31.7 Å². The fourth-order valence-corrected chi connectivity index (χ4v) is 3.45. The number of aromatic nitrogens is 1. The number of nitrogens with one attached hydrogen (secondary N) is 1. The van der Waals surface area contributed by atoms with Crippen molar-refractivity contribution in [3.8, 4) is 0 Å².